The molecule has 3 N–H and O–H groups in total. The van der Waals surface area contributed by atoms with Crippen molar-refractivity contribution in [3.63, 3.8) is 0 Å². The number of rotatable bonds is 4. The molecular formula is C14H28N2O. The van der Waals surface area contributed by atoms with Gasteiger partial charge in [-0.15, -0.1) is 0 Å². The number of hydrogen-bond donors (Lipinski definition) is 2. The van der Waals surface area contributed by atoms with E-state index in [0.717, 1.165) is 19.3 Å². The minimum absolute atomic E-state index is 0.143. The van der Waals surface area contributed by atoms with Crippen molar-refractivity contribution in [1.29, 1.82) is 0 Å². The molecule has 0 aliphatic heterocycles. The Morgan fingerprint density at radius 3 is 2.59 bits per heavy atom. The molecule has 1 aliphatic carbocycles. The first-order chi connectivity index (χ1) is 7.83. The predicted molar refractivity (Wildman–Crippen MR) is 71.6 cm³/mol. The topological polar surface area (TPSA) is 55.1 Å². The SMILES string of the molecule is CC(N)CC(C)NC(=O)C1CCCCC1(C)C. The Morgan fingerprint density at radius 1 is 1.41 bits per heavy atom. The van der Waals surface area contributed by atoms with E-state index in [1.165, 1.54) is 12.8 Å². The quantitative estimate of drug-likeness (QED) is 0.793. The molecule has 1 amide bonds. The van der Waals surface area contributed by atoms with Crippen LogP contribution in [0.2, 0.25) is 0 Å². The van der Waals surface area contributed by atoms with Crippen LogP contribution in [0.1, 0.15) is 59.8 Å². The third-order valence-electron chi connectivity index (χ3n) is 3.94. The molecule has 0 aromatic heterocycles. The lowest BCUT2D eigenvalue weighted by molar-refractivity contribution is -0.130. The van der Waals surface area contributed by atoms with Crippen molar-refractivity contribution < 1.29 is 4.79 Å². The van der Waals surface area contributed by atoms with E-state index in [4.69, 9.17) is 5.73 Å². The maximum absolute atomic E-state index is 12.3. The summed E-state index contributed by atoms with van der Waals surface area (Å²) in [6.07, 6.45) is 5.48. The number of carbonyl (C=O) groups excluding carboxylic acids is 1. The molecule has 1 rings (SSSR count). The van der Waals surface area contributed by atoms with Gasteiger partial charge in [-0.2, -0.15) is 0 Å². The van der Waals surface area contributed by atoms with E-state index < -0.39 is 0 Å². The minimum atomic E-state index is 0.143. The summed E-state index contributed by atoms with van der Waals surface area (Å²) in [7, 11) is 0. The highest BCUT2D eigenvalue weighted by atomic mass is 16.2. The Kier molecular flexibility index (Phi) is 4.99. The fourth-order valence-electron chi connectivity index (χ4n) is 2.94. The van der Waals surface area contributed by atoms with E-state index in [1.807, 2.05) is 13.8 Å². The molecular weight excluding hydrogens is 212 g/mol. The highest BCUT2D eigenvalue weighted by molar-refractivity contribution is 5.79. The van der Waals surface area contributed by atoms with Crippen LogP contribution in [0.5, 0.6) is 0 Å². The molecule has 17 heavy (non-hydrogen) atoms. The highest BCUT2D eigenvalue weighted by Gasteiger charge is 2.37. The van der Waals surface area contributed by atoms with Gasteiger partial charge in [0, 0.05) is 18.0 Å². The Labute approximate surface area is 106 Å². The van der Waals surface area contributed by atoms with Crippen molar-refractivity contribution in [3.8, 4) is 0 Å². The van der Waals surface area contributed by atoms with E-state index >= 15 is 0 Å². The average molecular weight is 240 g/mol. The van der Waals surface area contributed by atoms with Crippen molar-refractivity contribution in [1.82, 2.24) is 5.32 Å². The van der Waals surface area contributed by atoms with Gasteiger partial charge < -0.3 is 11.1 Å². The highest BCUT2D eigenvalue weighted by Crippen LogP contribution is 2.40. The second-order valence-corrected chi connectivity index (χ2v) is 6.41. The number of nitrogens with two attached hydrogens (primary N) is 1. The Balaban J connectivity index is 2.51. The molecule has 0 bridgehead atoms. The molecule has 0 heterocycles. The number of nitrogens with one attached hydrogen (secondary N) is 1. The van der Waals surface area contributed by atoms with Gasteiger partial charge in [-0.25, -0.2) is 0 Å². The molecule has 1 aliphatic rings. The van der Waals surface area contributed by atoms with E-state index in [0.29, 0.717) is 0 Å². The van der Waals surface area contributed by atoms with Crippen LogP contribution in [0, 0.1) is 11.3 Å². The molecule has 3 nitrogen and oxygen atoms in total. The zero-order chi connectivity index (χ0) is 13.1. The van der Waals surface area contributed by atoms with Gasteiger partial charge in [-0.3, -0.25) is 4.79 Å². The first kappa shape index (κ1) is 14.5. The van der Waals surface area contributed by atoms with Gasteiger partial charge in [0.25, 0.3) is 0 Å². The van der Waals surface area contributed by atoms with E-state index in [1.54, 1.807) is 0 Å². The molecule has 3 heteroatoms. The van der Waals surface area contributed by atoms with Gasteiger partial charge >= 0.3 is 0 Å². The molecule has 0 aromatic rings. The largest absolute Gasteiger partial charge is 0.353 e. The second kappa shape index (κ2) is 5.85. The summed E-state index contributed by atoms with van der Waals surface area (Å²) in [5.41, 5.74) is 5.90. The van der Waals surface area contributed by atoms with Crippen LogP contribution in [0.4, 0.5) is 0 Å². The fourth-order valence-corrected chi connectivity index (χ4v) is 2.94. The second-order valence-electron chi connectivity index (χ2n) is 6.41. The minimum Gasteiger partial charge on any atom is -0.353 e. The van der Waals surface area contributed by atoms with Crippen LogP contribution in [-0.2, 0) is 4.79 Å². The average Bonchev–Trinajstić information content (AvgIpc) is 2.14. The molecule has 3 unspecified atom stereocenters. The summed E-state index contributed by atoms with van der Waals surface area (Å²) in [4.78, 5) is 12.3. The molecule has 3 atom stereocenters. The lowest BCUT2D eigenvalue weighted by atomic mass is 9.68. The summed E-state index contributed by atoms with van der Waals surface area (Å²) < 4.78 is 0. The van der Waals surface area contributed by atoms with Crippen molar-refractivity contribution >= 4 is 5.91 Å². The Hall–Kier alpha value is -0.570. The Bertz CT molecular complexity index is 261. The monoisotopic (exact) mass is 240 g/mol. The lowest BCUT2D eigenvalue weighted by Gasteiger charge is -2.38. The maximum atomic E-state index is 12.3. The van der Waals surface area contributed by atoms with Crippen molar-refractivity contribution in [2.75, 3.05) is 0 Å². The molecule has 0 spiro atoms. The Morgan fingerprint density at radius 2 is 2.06 bits per heavy atom. The summed E-state index contributed by atoms with van der Waals surface area (Å²) in [6, 6.07) is 0.324. The first-order valence-corrected chi connectivity index (χ1v) is 6.89. The van der Waals surface area contributed by atoms with Gasteiger partial charge in [0.05, 0.1) is 0 Å². The standard InChI is InChI=1S/C14H28N2O/c1-10(15)9-11(2)16-13(17)12-7-5-6-8-14(12,3)4/h10-12H,5-9,15H2,1-4H3,(H,16,17). The summed E-state index contributed by atoms with van der Waals surface area (Å²) in [5, 5.41) is 3.12. The predicted octanol–water partition coefficient (Wildman–Crippen LogP) is 2.44. The fraction of sp³-hybridized carbons (Fsp3) is 0.929. The van der Waals surface area contributed by atoms with Crippen molar-refractivity contribution in [2.24, 2.45) is 17.1 Å². The molecule has 0 radical (unpaired) electrons. The molecule has 1 saturated carbocycles. The van der Waals surface area contributed by atoms with Gasteiger partial charge in [0.2, 0.25) is 5.91 Å². The molecule has 0 aromatic carbocycles. The van der Waals surface area contributed by atoms with Crippen molar-refractivity contribution in [3.05, 3.63) is 0 Å². The third-order valence-corrected chi connectivity index (χ3v) is 3.94. The van der Waals surface area contributed by atoms with Crippen LogP contribution >= 0.6 is 0 Å². The van der Waals surface area contributed by atoms with E-state index in [-0.39, 0.29) is 29.3 Å². The van der Waals surface area contributed by atoms with Gasteiger partial charge in [-0.1, -0.05) is 26.7 Å². The van der Waals surface area contributed by atoms with Crippen LogP contribution in [-0.4, -0.2) is 18.0 Å². The molecule has 0 saturated heterocycles. The molecule has 1 fully saturated rings. The summed E-state index contributed by atoms with van der Waals surface area (Å²) in [5.74, 6) is 0.398. The number of carbonyl (C=O) groups is 1. The third kappa shape index (κ3) is 4.30. The van der Waals surface area contributed by atoms with Crippen LogP contribution in [0.25, 0.3) is 0 Å². The first-order valence-electron chi connectivity index (χ1n) is 6.89. The van der Waals surface area contributed by atoms with E-state index in [2.05, 4.69) is 19.2 Å². The van der Waals surface area contributed by atoms with Crippen LogP contribution in [0.15, 0.2) is 0 Å². The van der Waals surface area contributed by atoms with Crippen LogP contribution in [0.3, 0.4) is 0 Å². The lowest BCUT2D eigenvalue weighted by Crippen LogP contribution is -2.45. The normalized spacial score (nSPS) is 27.2. The van der Waals surface area contributed by atoms with Gasteiger partial charge in [-0.05, 0) is 38.5 Å². The van der Waals surface area contributed by atoms with Gasteiger partial charge in [0.15, 0.2) is 0 Å². The van der Waals surface area contributed by atoms with Gasteiger partial charge in [0.1, 0.15) is 0 Å². The zero-order valence-electron chi connectivity index (χ0n) is 11.8. The summed E-state index contributed by atoms with van der Waals surface area (Å²) >= 11 is 0. The molecule has 100 valence electrons. The maximum Gasteiger partial charge on any atom is 0.223 e. The number of amides is 1. The zero-order valence-corrected chi connectivity index (χ0v) is 11.8. The van der Waals surface area contributed by atoms with E-state index in [9.17, 15) is 4.79 Å². The van der Waals surface area contributed by atoms with Crippen molar-refractivity contribution in [2.45, 2.75) is 71.9 Å². The summed E-state index contributed by atoms with van der Waals surface area (Å²) in [6.45, 7) is 8.45. The van der Waals surface area contributed by atoms with Crippen LogP contribution < -0.4 is 11.1 Å². The number of hydrogen-bond acceptors (Lipinski definition) is 2. The smallest absolute Gasteiger partial charge is 0.223 e.